The van der Waals surface area contributed by atoms with E-state index in [2.05, 4.69) is 4.98 Å². The maximum Gasteiger partial charge on any atom is 0.271 e. The Morgan fingerprint density at radius 3 is 2.86 bits per heavy atom. The van der Waals surface area contributed by atoms with Gasteiger partial charge in [0.05, 0.1) is 11.0 Å². The predicted molar refractivity (Wildman–Crippen MR) is 80.7 cm³/mol. The minimum absolute atomic E-state index is 0.0390. The lowest BCUT2D eigenvalue weighted by Gasteiger charge is -2.39. The number of nitro benzene ring substituents is 1. The number of pyridine rings is 1. The molecular formula is C16H16N3O3-. The summed E-state index contributed by atoms with van der Waals surface area (Å²) in [5.74, 6) is -0.179. The third-order valence-corrected chi connectivity index (χ3v) is 4.03. The summed E-state index contributed by atoms with van der Waals surface area (Å²) < 4.78 is 0. The number of piperidine rings is 1. The number of rotatable bonds is 3. The molecule has 1 aliphatic heterocycles. The highest BCUT2D eigenvalue weighted by molar-refractivity contribution is 5.63. The molecule has 0 radical (unpaired) electrons. The molecule has 2 aromatic rings. The van der Waals surface area contributed by atoms with Crippen LogP contribution in [0.5, 0.6) is 5.75 Å². The Labute approximate surface area is 128 Å². The average molecular weight is 298 g/mol. The van der Waals surface area contributed by atoms with Crippen LogP contribution in [0.3, 0.4) is 0 Å². The van der Waals surface area contributed by atoms with Crippen LogP contribution in [0.4, 0.5) is 11.4 Å². The molecule has 6 nitrogen and oxygen atoms in total. The highest BCUT2D eigenvalue weighted by Crippen LogP contribution is 2.39. The Balaban J connectivity index is 2.01. The molecule has 0 N–H and O–H groups in total. The fraction of sp³-hybridized carbons (Fsp3) is 0.312. The predicted octanol–water partition coefficient (Wildman–Crippen LogP) is 2.80. The fourth-order valence-electron chi connectivity index (χ4n) is 2.98. The van der Waals surface area contributed by atoms with Gasteiger partial charge in [0.1, 0.15) is 0 Å². The minimum atomic E-state index is -0.466. The zero-order valence-electron chi connectivity index (χ0n) is 12.0. The lowest BCUT2D eigenvalue weighted by Crippen LogP contribution is -2.34. The van der Waals surface area contributed by atoms with Gasteiger partial charge >= 0.3 is 0 Å². The van der Waals surface area contributed by atoms with E-state index in [1.807, 2.05) is 17.0 Å². The van der Waals surface area contributed by atoms with Gasteiger partial charge in [0.2, 0.25) is 0 Å². The maximum absolute atomic E-state index is 12.2. The van der Waals surface area contributed by atoms with Crippen molar-refractivity contribution in [2.45, 2.75) is 25.3 Å². The molecule has 0 unspecified atom stereocenters. The molecule has 3 rings (SSSR count). The highest BCUT2D eigenvalue weighted by Gasteiger charge is 2.25. The van der Waals surface area contributed by atoms with E-state index in [9.17, 15) is 15.2 Å². The molecule has 1 atom stereocenters. The molecular weight excluding hydrogens is 282 g/mol. The second kappa shape index (κ2) is 6.01. The quantitative estimate of drug-likeness (QED) is 0.642. The number of hydrogen-bond donors (Lipinski definition) is 0. The Kier molecular flexibility index (Phi) is 3.91. The van der Waals surface area contributed by atoms with Crippen LogP contribution >= 0.6 is 0 Å². The van der Waals surface area contributed by atoms with Crippen LogP contribution in [0.25, 0.3) is 0 Å². The fourth-order valence-corrected chi connectivity index (χ4v) is 2.98. The molecule has 114 valence electrons. The van der Waals surface area contributed by atoms with Crippen molar-refractivity contribution in [3.05, 3.63) is 58.4 Å². The van der Waals surface area contributed by atoms with Gasteiger partial charge in [-0.15, -0.1) is 0 Å². The number of nitro groups is 1. The summed E-state index contributed by atoms with van der Waals surface area (Å²) in [6, 6.07) is 7.82. The maximum atomic E-state index is 12.2. The van der Waals surface area contributed by atoms with Crippen LogP contribution in [0.2, 0.25) is 0 Å². The number of benzene rings is 1. The Morgan fingerprint density at radius 2 is 2.14 bits per heavy atom. The van der Waals surface area contributed by atoms with E-state index >= 15 is 0 Å². The molecule has 1 aliphatic rings. The van der Waals surface area contributed by atoms with E-state index in [4.69, 9.17) is 0 Å². The monoisotopic (exact) mass is 298 g/mol. The summed E-state index contributed by atoms with van der Waals surface area (Å²) in [4.78, 5) is 16.6. The third kappa shape index (κ3) is 2.72. The van der Waals surface area contributed by atoms with E-state index in [0.717, 1.165) is 31.4 Å². The Hall–Kier alpha value is -2.63. The van der Waals surface area contributed by atoms with Gasteiger partial charge in [0.25, 0.3) is 5.69 Å². The second-order valence-electron chi connectivity index (χ2n) is 5.40. The third-order valence-electron chi connectivity index (χ3n) is 4.03. The SMILES string of the molecule is O=[N+]([O-])c1ccc([O-])c(N2CCCC[C@H]2c2cccnc2)c1. The van der Waals surface area contributed by atoms with Gasteiger partial charge in [-0.05, 0) is 30.9 Å². The van der Waals surface area contributed by atoms with E-state index in [-0.39, 0.29) is 17.5 Å². The molecule has 22 heavy (non-hydrogen) atoms. The van der Waals surface area contributed by atoms with Crippen LogP contribution in [-0.2, 0) is 0 Å². The summed E-state index contributed by atoms with van der Waals surface area (Å²) in [5.41, 5.74) is 1.39. The van der Waals surface area contributed by atoms with E-state index in [0.29, 0.717) is 5.69 Å². The Bertz CT molecular complexity index is 676. The molecule has 0 spiro atoms. The first-order valence-electron chi connectivity index (χ1n) is 7.29. The molecule has 6 heteroatoms. The largest absolute Gasteiger partial charge is 0.871 e. The summed E-state index contributed by atoms with van der Waals surface area (Å²) >= 11 is 0. The first kappa shape index (κ1) is 14.3. The van der Waals surface area contributed by atoms with Crippen LogP contribution < -0.4 is 10.0 Å². The van der Waals surface area contributed by atoms with Gasteiger partial charge in [-0.2, -0.15) is 0 Å². The summed E-state index contributed by atoms with van der Waals surface area (Å²) in [6.45, 7) is 0.718. The van der Waals surface area contributed by atoms with Crippen LogP contribution in [0.15, 0.2) is 42.7 Å². The molecule has 0 bridgehead atoms. The van der Waals surface area contributed by atoms with E-state index in [1.54, 1.807) is 12.4 Å². The van der Waals surface area contributed by atoms with Crippen molar-refractivity contribution in [3.63, 3.8) is 0 Å². The van der Waals surface area contributed by atoms with Crippen LogP contribution in [0.1, 0.15) is 30.9 Å². The Morgan fingerprint density at radius 1 is 1.27 bits per heavy atom. The first-order valence-corrected chi connectivity index (χ1v) is 7.29. The van der Waals surface area contributed by atoms with Gasteiger partial charge in [-0.1, -0.05) is 17.9 Å². The zero-order valence-corrected chi connectivity index (χ0v) is 12.0. The van der Waals surface area contributed by atoms with Crippen LogP contribution in [0, 0.1) is 10.1 Å². The van der Waals surface area contributed by atoms with Crippen molar-refractivity contribution in [2.75, 3.05) is 11.4 Å². The van der Waals surface area contributed by atoms with Gasteiger partial charge < -0.3 is 10.0 Å². The van der Waals surface area contributed by atoms with Crippen molar-refractivity contribution in [1.82, 2.24) is 4.98 Å². The lowest BCUT2D eigenvalue weighted by molar-refractivity contribution is -0.385. The number of aromatic nitrogens is 1. The molecule has 0 aliphatic carbocycles. The standard InChI is InChI=1S/C16H17N3O3/c20-16-7-6-13(19(21)22)10-15(16)18-9-2-1-5-14(18)12-4-3-8-17-11-12/h3-4,6-8,10-11,14,20H,1-2,5,9H2/p-1/t14-/m0/s1. The van der Waals surface area contributed by atoms with Crippen molar-refractivity contribution >= 4 is 11.4 Å². The van der Waals surface area contributed by atoms with Gasteiger partial charge in [0, 0.05) is 36.8 Å². The summed E-state index contributed by atoms with van der Waals surface area (Å²) in [5, 5.41) is 23.2. The number of nitrogens with zero attached hydrogens (tertiary/aromatic N) is 3. The molecule has 1 fully saturated rings. The second-order valence-corrected chi connectivity index (χ2v) is 5.40. The average Bonchev–Trinajstić information content (AvgIpc) is 2.56. The van der Waals surface area contributed by atoms with E-state index < -0.39 is 4.92 Å². The van der Waals surface area contributed by atoms with Crippen molar-refractivity contribution in [3.8, 4) is 5.75 Å². The van der Waals surface area contributed by atoms with E-state index in [1.165, 1.54) is 18.2 Å². The summed E-state index contributed by atoms with van der Waals surface area (Å²) in [7, 11) is 0. The molecule has 1 saturated heterocycles. The van der Waals surface area contributed by atoms with Gasteiger partial charge in [-0.3, -0.25) is 15.1 Å². The van der Waals surface area contributed by atoms with Crippen molar-refractivity contribution in [1.29, 1.82) is 0 Å². The number of hydrogen-bond acceptors (Lipinski definition) is 5. The topological polar surface area (TPSA) is 82.3 Å². The lowest BCUT2D eigenvalue weighted by atomic mass is 9.95. The van der Waals surface area contributed by atoms with Crippen molar-refractivity contribution < 1.29 is 10.0 Å². The summed E-state index contributed by atoms with van der Waals surface area (Å²) in [6.07, 6.45) is 6.46. The number of non-ortho nitro benzene ring substituents is 1. The van der Waals surface area contributed by atoms with Gasteiger partial charge in [0.15, 0.2) is 0 Å². The smallest absolute Gasteiger partial charge is 0.271 e. The van der Waals surface area contributed by atoms with Crippen molar-refractivity contribution in [2.24, 2.45) is 0 Å². The molecule has 1 aromatic carbocycles. The molecule has 0 saturated carbocycles. The highest BCUT2D eigenvalue weighted by atomic mass is 16.6. The molecule has 1 aromatic heterocycles. The number of anilines is 1. The molecule has 2 heterocycles. The van der Waals surface area contributed by atoms with Crippen LogP contribution in [-0.4, -0.2) is 16.5 Å². The normalized spacial score (nSPS) is 18.2. The molecule has 0 amide bonds. The minimum Gasteiger partial charge on any atom is -0.871 e. The van der Waals surface area contributed by atoms with Gasteiger partial charge in [-0.25, -0.2) is 0 Å². The first-order chi connectivity index (χ1) is 10.7. The zero-order chi connectivity index (χ0) is 15.5.